The maximum atomic E-state index is 16.2. The number of fused-ring (bicyclic) bond motifs is 1. The first-order valence-corrected chi connectivity index (χ1v) is 27.2. The van der Waals surface area contributed by atoms with Crippen LogP contribution in [0.3, 0.4) is 0 Å². The van der Waals surface area contributed by atoms with E-state index in [1.807, 2.05) is 12.1 Å². The first-order chi connectivity index (χ1) is 33.4. The zero-order valence-electron chi connectivity index (χ0n) is 40.8. The molecular weight excluding hydrogens is 877 g/mol. The summed E-state index contributed by atoms with van der Waals surface area (Å²) in [6, 6.07) is 12.9. The molecule has 13 heteroatoms. The van der Waals surface area contributed by atoms with Crippen molar-refractivity contribution in [2.45, 2.75) is 177 Å². The fraction of sp³-hybridized carbons (Fsp3) is 0.768. The molecule has 0 radical (unpaired) electrons. The molecule has 69 heavy (non-hydrogen) atoms. The predicted octanol–water partition coefficient (Wildman–Crippen LogP) is 6.54. The van der Waals surface area contributed by atoms with Crippen molar-refractivity contribution in [2.75, 3.05) is 26.4 Å². The Morgan fingerprint density at radius 1 is 0.870 bits per heavy atom. The van der Waals surface area contributed by atoms with Crippen molar-refractivity contribution in [3.05, 3.63) is 59.5 Å². The third-order valence-electron chi connectivity index (χ3n) is 21.5. The number of carbonyl (C=O) groups is 3. The second kappa shape index (κ2) is 17.5. The van der Waals surface area contributed by atoms with Gasteiger partial charge in [-0.2, -0.15) is 0 Å². The highest BCUT2D eigenvalue weighted by Gasteiger charge is 2.93. The van der Waals surface area contributed by atoms with Crippen molar-refractivity contribution in [1.82, 2.24) is 10.6 Å². The summed E-state index contributed by atoms with van der Waals surface area (Å²) < 4.78 is 33.8. The number of benzene rings is 1. The molecule has 6 heterocycles. The van der Waals surface area contributed by atoms with Crippen molar-refractivity contribution in [3.63, 3.8) is 0 Å². The van der Waals surface area contributed by atoms with E-state index in [0.29, 0.717) is 37.0 Å². The van der Waals surface area contributed by atoms with E-state index < -0.39 is 69.9 Å². The van der Waals surface area contributed by atoms with Crippen molar-refractivity contribution in [1.29, 1.82) is 0 Å². The lowest BCUT2D eigenvalue weighted by atomic mass is 9.32. The first kappa shape index (κ1) is 46.9. The molecular formula is C56H76N2O11. The monoisotopic (exact) mass is 953 g/mol. The van der Waals surface area contributed by atoms with Crippen LogP contribution in [0.25, 0.3) is 0 Å². The van der Waals surface area contributed by atoms with E-state index in [1.165, 1.54) is 5.56 Å². The van der Waals surface area contributed by atoms with Crippen LogP contribution in [0, 0.1) is 63.6 Å². The average Bonchev–Trinajstić information content (AvgIpc) is 3.62. The Labute approximate surface area is 406 Å². The van der Waals surface area contributed by atoms with Crippen LogP contribution < -0.4 is 10.6 Å². The first-order valence-electron chi connectivity index (χ1n) is 27.2. The van der Waals surface area contributed by atoms with Gasteiger partial charge in [-0.15, -0.1) is 0 Å². The molecule has 0 unspecified atom stereocenters. The van der Waals surface area contributed by atoms with E-state index in [9.17, 15) is 24.9 Å². The Kier molecular flexibility index (Phi) is 11.9. The molecule has 12 rings (SSSR count). The zero-order valence-corrected chi connectivity index (χ0v) is 40.8. The van der Waals surface area contributed by atoms with Crippen LogP contribution in [0.1, 0.15) is 140 Å². The summed E-state index contributed by atoms with van der Waals surface area (Å²) in [6.45, 7) is 5.72. The van der Waals surface area contributed by atoms with Gasteiger partial charge >= 0.3 is 11.9 Å². The lowest BCUT2D eigenvalue weighted by Crippen LogP contribution is -2.79. The van der Waals surface area contributed by atoms with Gasteiger partial charge < -0.3 is 49.3 Å². The van der Waals surface area contributed by atoms with Gasteiger partial charge in [-0.25, -0.2) is 4.79 Å². The summed E-state index contributed by atoms with van der Waals surface area (Å²) in [5.41, 5.74) is -3.31. The summed E-state index contributed by atoms with van der Waals surface area (Å²) in [7, 11) is 0. The molecule has 0 bridgehead atoms. The van der Waals surface area contributed by atoms with Crippen molar-refractivity contribution < 1.29 is 53.1 Å². The Hall–Kier alpha value is -3.17. The number of epoxide rings is 1. The fourth-order valence-electron chi connectivity index (χ4n) is 18.6. The molecule has 1 aromatic heterocycles. The molecule has 5 saturated carbocycles. The predicted molar refractivity (Wildman–Crippen MR) is 252 cm³/mol. The second-order valence-corrected chi connectivity index (χ2v) is 24.3. The zero-order chi connectivity index (χ0) is 47.5. The number of furan rings is 1. The van der Waals surface area contributed by atoms with Crippen molar-refractivity contribution in [3.8, 4) is 0 Å². The van der Waals surface area contributed by atoms with Crippen LogP contribution in [0.15, 0.2) is 47.1 Å². The van der Waals surface area contributed by atoms with Gasteiger partial charge in [-0.3, -0.25) is 9.59 Å². The van der Waals surface area contributed by atoms with E-state index in [2.05, 4.69) is 48.7 Å². The largest absolute Gasteiger partial charge is 0.469 e. The van der Waals surface area contributed by atoms with E-state index in [4.69, 9.17) is 23.4 Å². The van der Waals surface area contributed by atoms with Crippen LogP contribution >= 0.6 is 0 Å². The highest BCUT2D eigenvalue weighted by atomic mass is 16.7. The highest BCUT2D eigenvalue weighted by Crippen LogP contribution is 2.83. The summed E-state index contributed by atoms with van der Waals surface area (Å²) in [5, 5.41) is 42.8. The number of cyclic esters (lactones) is 2. The normalized spacial score (nSPS) is 46.0. The van der Waals surface area contributed by atoms with Crippen molar-refractivity contribution >= 4 is 17.7 Å². The van der Waals surface area contributed by atoms with Gasteiger partial charge in [0.1, 0.15) is 30.2 Å². The number of carbonyl (C=O) groups excluding carboxylic acids is 3. The van der Waals surface area contributed by atoms with E-state index in [-0.39, 0.29) is 66.9 Å². The minimum atomic E-state index is -1.46. The molecule has 13 nitrogen and oxygen atoms in total. The lowest BCUT2D eigenvalue weighted by molar-refractivity contribution is -0.277. The summed E-state index contributed by atoms with van der Waals surface area (Å²) in [4.78, 5) is 44.7. The standard InChI is InChI=1S/C56H76N2O11/c1-52-22-20-43-54-30-66-45(61)27-44(54)68-53(2,36-13-7-4-8-14-36)47(54)46(62)48(63)55(43,37-15-9-12-33(25-37)24-32-10-5-3-6-11-32)56(52)50(69-56)51(64)67-49(52)38-21-23-65-42(38)26-39(41(60)29-59)34-16-18-35(19-17-34)40-28-57-31-58-40/h3,5-6,10-11,21,23,33-37,39-41,43-44,47-50,57-60,63H,4,7-9,12-20,22,24-31H2,1-2H3/t33-,34?,35?,37-,39-,40+,41+,43+,44-,47+,48+,49-,50+,52-,53+,54-,55-,56+/m0/s1. The number of Topliss-reactive ketones (excluding diaryl/α,β-unsaturated/α-hetero) is 1. The number of esters is 2. The number of aliphatic hydroxyl groups is 3. The number of hydrogen-bond acceptors (Lipinski definition) is 13. The smallest absolute Gasteiger partial charge is 0.339 e. The van der Waals surface area contributed by atoms with Crippen molar-refractivity contribution in [2.24, 2.45) is 63.6 Å². The van der Waals surface area contributed by atoms with Gasteiger partial charge in [-0.1, -0.05) is 69.4 Å². The van der Waals surface area contributed by atoms with E-state index in [0.717, 1.165) is 109 Å². The summed E-state index contributed by atoms with van der Waals surface area (Å²) in [5.74, 6) is -0.903. The van der Waals surface area contributed by atoms with Gasteiger partial charge in [0.25, 0.3) is 0 Å². The molecule has 5 aliphatic heterocycles. The highest BCUT2D eigenvalue weighted by molar-refractivity contribution is 5.92. The summed E-state index contributed by atoms with van der Waals surface area (Å²) >= 11 is 0. The number of rotatable bonds is 11. The molecule has 16 atom stereocenters. The fourth-order valence-corrected chi connectivity index (χ4v) is 18.6. The molecule has 0 amide bonds. The molecule has 5 aliphatic carbocycles. The van der Waals surface area contributed by atoms with Crippen LogP contribution in [-0.2, 0) is 46.2 Å². The van der Waals surface area contributed by atoms with Crippen LogP contribution in [0.2, 0.25) is 0 Å². The Balaban J connectivity index is 0.956. The maximum Gasteiger partial charge on any atom is 0.339 e. The van der Waals surface area contributed by atoms with Gasteiger partial charge in [0.05, 0.1) is 43.0 Å². The molecule has 376 valence electrons. The van der Waals surface area contributed by atoms with Crippen LogP contribution in [0.5, 0.6) is 0 Å². The molecule has 2 aromatic rings. The SMILES string of the molecule is C[C@@]12CC[C@@H]3[C@@]45COC(=O)C[C@@H]4O[C@](C)(C4CCCCC4)[C@H]5C(=O)[C@@H](O)[C@@]3([C@H]3CCC[C@@H](Cc4ccccc4)C3)[C@]13O[C@@H]3C(=O)O[C@H]2c1ccoc1C[C@@H](C1CCC([C@H]2CNCN2)CC1)[C@H](O)CO. The molecule has 5 N–H and O–H groups in total. The van der Waals surface area contributed by atoms with Gasteiger partial charge in [0.2, 0.25) is 0 Å². The lowest BCUT2D eigenvalue weighted by Gasteiger charge is -2.70. The van der Waals surface area contributed by atoms with Crippen LogP contribution in [0.4, 0.5) is 0 Å². The molecule has 1 aromatic carbocycles. The Morgan fingerprint density at radius 3 is 2.41 bits per heavy atom. The quantitative estimate of drug-likeness (QED) is 0.121. The van der Waals surface area contributed by atoms with E-state index >= 15 is 4.79 Å². The van der Waals surface area contributed by atoms with E-state index in [1.54, 1.807) is 6.26 Å². The average molecular weight is 953 g/mol. The Morgan fingerprint density at radius 2 is 1.65 bits per heavy atom. The number of ether oxygens (including phenoxy) is 4. The molecule has 10 aliphatic rings. The number of aliphatic hydroxyl groups excluding tert-OH is 3. The minimum absolute atomic E-state index is 0.0380. The third-order valence-corrected chi connectivity index (χ3v) is 21.5. The van der Waals surface area contributed by atoms with Gasteiger partial charge in [0, 0.05) is 47.5 Å². The Bertz CT molecular complexity index is 2250. The number of hydrogen-bond donors (Lipinski definition) is 5. The molecule has 2 spiro atoms. The number of ketones is 1. The minimum Gasteiger partial charge on any atom is -0.469 e. The second-order valence-electron chi connectivity index (χ2n) is 24.3. The molecule has 10 fully saturated rings. The van der Waals surface area contributed by atoms with Gasteiger partial charge in [-0.05, 0) is 131 Å². The molecule has 5 saturated heterocycles. The summed E-state index contributed by atoms with van der Waals surface area (Å²) in [6.07, 6.45) is 11.7. The van der Waals surface area contributed by atoms with Gasteiger partial charge in [0.15, 0.2) is 11.9 Å². The maximum absolute atomic E-state index is 16.2. The van der Waals surface area contributed by atoms with Crippen LogP contribution in [-0.4, -0.2) is 101 Å². The number of nitrogens with one attached hydrogen (secondary N) is 2. The topological polar surface area (TPSA) is 189 Å². The third kappa shape index (κ3) is 6.81.